The zero-order valence-corrected chi connectivity index (χ0v) is 13.3. The maximum atomic E-state index is 11.9. The van der Waals surface area contributed by atoms with Crippen molar-refractivity contribution in [2.45, 2.75) is 46.5 Å². The Labute approximate surface area is 122 Å². The molecule has 0 aromatic carbocycles. The first kappa shape index (κ1) is 18.9. The Kier molecular flexibility index (Phi) is 11.1. The number of methoxy groups -OCH3 is 1. The Morgan fingerprint density at radius 3 is 2.35 bits per heavy atom. The third kappa shape index (κ3) is 8.15. The molecule has 0 spiro atoms. The molecule has 118 valence electrons. The van der Waals surface area contributed by atoms with Crippen LogP contribution in [0, 0.1) is 5.92 Å². The summed E-state index contributed by atoms with van der Waals surface area (Å²) in [7, 11) is 1.37. The van der Waals surface area contributed by atoms with Crippen molar-refractivity contribution in [1.29, 1.82) is 0 Å². The van der Waals surface area contributed by atoms with Crippen LogP contribution in [0.1, 0.15) is 46.5 Å². The summed E-state index contributed by atoms with van der Waals surface area (Å²) in [5.74, 6) is -0.510. The molecule has 0 N–H and O–H groups in total. The highest BCUT2D eigenvalue weighted by Crippen LogP contribution is 2.05. The van der Waals surface area contributed by atoms with Crippen molar-refractivity contribution in [3.8, 4) is 0 Å². The van der Waals surface area contributed by atoms with Crippen molar-refractivity contribution < 1.29 is 19.1 Å². The average Bonchev–Trinajstić information content (AvgIpc) is 2.47. The quantitative estimate of drug-likeness (QED) is 0.432. The van der Waals surface area contributed by atoms with Crippen LogP contribution in [0.15, 0.2) is 0 Å². The van der Waals surface area contributed by atoms with E-state index in [1.165, 1.54) is 7.11 Å². The Morgan fingerprint density at radius 2 is 1.80 bits per heavy atom. The number of esters is 1. The van der Waals surface area contributed by atoms with Crippen molar-refractivity contribution in [2.24, 2.45) is 5.92 Å². The van der Waals surface area contributed by atoms with Gasteiger partial charge < -0.3 is 14.4 Å². The SMILES string of the molecule is CCCCOCCCN(CC(C)C(=O)OC)C(=O)CC. The fraction of sp³-hybridized carbons (Fsp3) is 0.867. The van der Waals surface area contributed by atoms with Crippen molar-refractivity contribution in [2.75, 3.05) is 33.4 Å². The number of rotatable bonds is 11. The van der Waals surface area contributed by atoms with E-state index in [1.54, 1.807) is 11.8 Å². The van der Waals surface area contributed by atoms with Crippen LogP contribution in [0.2, 0.25) is 0 Å². The molecule has 0 saturated heterocycles. The molecule has 1 atom stereocenters. The van der Waals surface area contributed by atoms with Gasteiger partial charge in [0.25, 0.3) is 0 Å². The summed E-state index contributed by atoms with van der Waals surface area (Å²) in [6, 6.07) is 0. The molecule has 20 heavy (non-hydrogen) atoms. The van der Waals surface area contributed by atoms with E-state index in [9.17, 15) is 9.59 Å². The molecule has 0 radical (unpaired) electrons. The largest absolute Gasteiger partial charge is 0.469 e. The molecule has 1 amide bonds. The van der Waals surface area contributed by atoms with Gasteiger partial charge in [0, 0.05) is 32.7 Å². The Balaban J connectivity index is 4.09. The monoisotopic (exact) mass is 287 g/mol. The minimum absolute atomic E-state index is 0.0642. The van der Waals surface area contributed by atoms with E-state index in [0.717, 1.165) is 25.9 Å². The van der Waals surface area contributed by atoms with Crippen LogP contribution in [-0.2, 0) is 19.1 Å². The molecule has 0 aliphatic heterocycles. The summed E-state index contributed by atoms with van der Waals surface area (Å²) < 4.78 is 10.2. The molecular weight excluding hydrogens is 258 g/mol. The minimum atomic E-state index is -0.295. The molecule has 1 unspecified atom stereocenters. The number of amides is 1. The van der Waals surface area contributed by atoms with Gasteiger partial charge in [-0.05, 0) is 12.8 Å². The maximum absolute atomic E-state index is 11.9. The zero-order chi connectivity index (χ0) is 15.4. The van der Waals surface area contributed by atoms with Crippen LogP contribution in [0.4, 0.5) is 0 Å². The number of hydrogen-bond donors (Lipinski definition) is 0. The summed E-state index contributed by atoms with van der Waals surface area (Å²) in [4.78, 5) is 25.0. The fourth-order valence-corrected chi connectivity index (χ4v) is 1.85. The first-order valence-electron chi connectivity index (χ1n) is 7.50. The van der Waals surface area contributed by atoms with Crippen molar-refractivity contribution in [3.05, 3.63) is 0 Å². The van der Waals surface area contributed by atoms with Gasteiger partial charge in [-0.1, -0.05) is 27.2 Å². The van der Waals surface area contributed by atoms with Crippen LogP contribution in [0.3, 0.4) is 0 Å². The van der Waals surface area contributed by atoms with Gasteiger partial charge in [0.2, 0.25) is 5.91 Å². The topological polar surface area (TPSA) is 55.8 Å². The van der Waals surface area contributed by atoms with Gasteiger partial charge in [-0.3, -0.25) is 9.59 Å². The molecule has 0 saturated carbocycles. The Hall–Kier alpha value is -1.10. The van der Waals surface area contributed by atoms with E-state index in [1.807, 2.05) is 6.92 Å². The molecular formula is C15H29NO4. The highest BCUT2D eigenvalue weighted by molar-refractivity contribution is 5.77. The van der Waals surface area contributed by atoms with Crippen molar-refractivity contribution in [3.63, 3.8) is 0 Å². The van der Waals surface area contributed by atoms with Gasteiger partial charge in [-0.2, -0.15) is 0 Å². The minimum Gasteiger partial charge on any atom is -0.469 e. The van der Waals surface area contributed by atoms with E-state index < -0.39 is 0 Å². The maximum Gasteiger partial charge on any atom is 0.310 e. The highest BCUT2D eigenvalue weighted by atomic mass is 16.5. The van der Waals surface area contributed by atoms with Gasteiger partial charge in [0.05, 0.1) is 13.0 Å². The van der Waals surface area contributed by atoms with E-state index in [4.69, 9.17) is 9.47 Å². The molecule has 0 rings (SSSR count). The number of unbranched alkanes of at least 4 members (excludes halogenated alkanes) is 1. The molecule has 0 aliphatic rings. The number of nitrogens with zero attached hydrogens (tertiary/aromatic N) is 1. The standard InChI is InChI=1S/C15H29NO4/c1-5-7-10-20-11-8-9-16(14(17)6-2)12-13(3)15(18)19-4/h13H,5-12H2,1-4H3. The molecule has 0 bridgehead atoms. The molecule has 0 aliphatic carbocycles. The molecule has 0 fully saturated rings. The van der Waals surface area contributed by atoms with Crippen LogP contribution in [-0.4, -0.2) is 50.2 Å². The summed E-state index contributed by atoms with van der Waals surface area (Å²) in [5.41, 5.74) is 0. The van der Waals surface area contributed by atoms with E-state index >= 15 is 0 Å². The first-order valence-corrected chi connectivity index (χ1v) is 7.50. The van der Waals surface area contributed by atoms with Gasteiger partial charge >= 0.3 is 5.97 Å². The van der Waals surface area contributed by atoms with Gasteiger partial charge in [0.15, 0.2) is 0 Å². The molecule has 0 heterocycles. The van der Waals surface area contributed by atoms with Crippen molar-refractivity contribution >= 4 is 11.9 Å². The summed E-state index contributed by atoms with van der Waals surface area (Å²) >= 11 is 0. The Bertz CT molecular complexity index is 281. The van der Waals surface area contributed by atoms with Gasteiger partial charge in [0.1, 0.15) is 0 Å². The lowest BCUT2D eigenvalue weighted by Gasteiger charge is -2.24. The second-order valence-corrected chi connectivity index (χ2v) is 4.94. The number of ether oxygens (including phenoxy) is 2. The number of carbonyl (C=O) groups is 2. The third-order valence-electron chi connectivity index (χ3n) is 3.11. The normalized spacial score (nSPS) is 12.0. The van der Waals surface area contributed by atoms with Gasteiger partial charge in [-0.25, -0.2) is 0 Å². The summed E-state index contributed by atoms with van der Waals surface area (Å²) in [5, 5.41) is 0. The Morgan fingerprint density at radius 1 is 1.15 bits per heavy atom. The number of hydrogen-bond acceptors (Lipinski definition) is 4. The first-order chi connectivity index (χ1) is 9.56. The molecule has 0 aromatic rings. The number of carbonyl (C=O) groups excluding carboxylic acids is 2. The predicted molar refractivity (Wildman–Crippen MR) is 78.4 cm³/mol. The van der Waals surface area contributed by atoms with Crippen LogP contribution < -0.4 is 0 Å². The van der Waals surface area contributed by atoms with Crippen LogP contribution in [0.5, 0.6) is 0 Å². The lowest BCUT2D eigenvalue weighted by Crippen LogP contribution is -2.37. The molecule has 5 nitrogen and oxygen atoms in total. The lowest BCUT2D eigenvalue weighted by molar-refractivity contribution is -0.146. The summed E-state index contributed by atoms with van der Waals surface area (Å²) in [6.07, 6.45) is 3.43. The third-order valence-corrected chi connectivity index (χ3v) is 3.11. The summed E-state index contributed by atoms with van der Waals surface area (Å²) in [6.45, 7) is 8.19. The van der Waals surface area contributed by atoms with E-state index in [0.29, 0.717) is 26.1 Å². The zero-order valence-electron chi connectivity index (χ0n) is 13.3. The van der Waals surface area contributed by atoms with E-state index in [2.05, 4.69) is 6.92 Å². The van der Waals surface area contributed by atoms with Crippen LogP contribution in [0.25, 0.3) is 0 Å². The predicted octanol–water partition coefficient (Wildman–Crippen LogP) is 2.24. The smallest absolute Gasteiger partial charge is 0.310 e. The van der Waals surface area contributed by atoms with Gasteiger partial charge in [-0.15, -0.1) is 0 Å². The highest BCUT2D eigenvalue weighted by Gasteiger charge is 2.20. The van der Waals surface area contributed by atoms with Crippen LogP contribution >= 0.6 is 0 Å². The second-order valence-electron chi connectivity index (χ2n) is 4.94. The van der Waals surface area contributed by atoms with Crippen molar-refractivity contribution in [1.82, 2.24) is 4.90 Å². The fourth-order valence-electron chi connectivity index (χ4n) is 1.85. The molecule has 0 aromatic heterocycles. The average molecular weight is 287 g/mol. The van der Waals surface area contributed by atoms with E-state index in [-0.39, 0.29) is 17.8 Å². The second kappa shape index (κ2) is 11.7. The lowest BCUT2D eigenvalue weighted by atomic mass is 10.1. The molecule has 5 heteroatoms.